The monoisotopic (exact) mass is 453 g/mol. The van der Waals surface area contributed by atoms with E-state index in [4.69, 9.17) is 4.74 Å². The van der Waals surface area contributed by atoms with Gasteiger partial charge < -0.3 is 10.1 Å². The van der Waals surface area contributed by atoms with Crippen molar-refractivity contribution in [2.45, 2.75) is 39.3 Å². The van der Waals surface area contributed by atoms with Gasteiger partial charge in [-0.25, -0.2) is 8.42 Å². The number of anilines is 1. The second-order valence-corrected chi connectivity index (χ2v) is 10.7. The molecule has 1 unspecified atom stereocenters. The van der Waals surface area contributed by atoms with Crippen LogP contribution >= 0.6 is 0 Å². The van der Waals surface area contributed by atoms with E-state index in [0.29, 0.717) is 12.1 Å². The zero-order valence-corrected chi connectivity index (χ0v) is 19.2. The number of aromatic nitrogens is 2. The van der Waals surface area contributed by atoms with Crippen LogP contribution in [-0.2, 0) is 9.84 Å². The van der Waals surface area contributed by atoms with Gasteiger partial charge in [0, 0.05) is 5.69 Å². The molecule has 1 atom stereocenters. The molecule has 168 valence electrons. The zero-order chi connectivity index (χ0) is 22.9. The maximum Gasteiger partial charge on any atom is 0.276 e. The lowest BCUT2D eigenvalue weighted by Crippen LogP contribution is -2.16. The highest BCUT2D eigenvalue weighted by Gasteiger charge is 2.32. The van der Waals surface area contributed by atoms with Crippen LogP contribution in [0.25, 0.3) is 11.3 Å². The van der Waals surface area contributed by atoms with Crippen molar-refractivity contribution in [2.24, 2.45) is 0 Å². The number of hydrogen-bond acceptors (Lipinski definition) is 5. The number of nitrogens with zero attached hydrogens (tertiary/aromatic N) is 2. The predicted octanol–water partition coefficient (Wildman–Crippen LogP) is 4.26. The van der Waals surface area contributed by atoms with Gasteiger partial charge in [-0.2, -0.15) is 5.10 Å². The molecule has 0 spiro atoms. The third kappa shape index (κ3) is 5.02. The van der Waals surface area contributed by atoms with E-state index >= 15 is 0 Å². The first kappa shape index (κ1) is 22.1. The zero-order valence-electron chi connectivity index (χ0n) is 18.4. The Hall–Kier alpha value is -3.13. The molecule has 1 aliphatic rings. The summed E-state index contributed by atoms with van der Waals surface area (Å²) in [6.45, 7) is 5.90. The average molecular weight is 454 g/mol. The van der Waals surface area contributed by atoms with Gasteiger partial charge in [0.25, 0.3) is 5.91 Å². The molecule has 1 amide bonds. The minimum absolute atomic E-state index is 0.0336. The molecular weight excluding hydrogens is 426 g/mol. The quantitative estimate of drug-likeness (QED) is 0.602. The first-order valence-corrected chi connectivity index (χ1v) is 12.5. The molecule has 1 aliphatic heterocycles. The molecule has 2 aromatic carbocycles. The Balaban J connectivity index is 1.61. The lowest BCUT2D eigenvalue weighted by molar-refractivity contribution is 0.102. The maximum absolute atomic E-state index is 12.9. The molecule has 0 radical (unpaired) electrons. The van der Waals surface area contributed by atoms with Crippen molar-refractivity contribution in [1.82, 2.24) is 9.78 Å². The normalized spacial score (nSPS) is 17.4. The first-order valence-electron chi connectivity index (χ1n) is 10.7. The molecule has 0 bridgehead atoms. The number of hydrogen-bond donors (Lipinski definition) is 1. The van der Waals surface area contributed by atoms with Crippen molar-refractivity contribution in [3.05, 3.63) is 65.9 Å². The maximum atomic E-state index is 12.9. The van der Waals surface area contributed by atoms with Crippen molar-refractivity contribution in [2.75, 3.05) is 16.8 Å². The van der Waals surface area contributed by atoms with Gasteiger partial charge in [0.1, 0.15) is 5.75 Å². The largest absolute Gasteiger partial charge is 0.491 e. The molecule has 1 N–H and O–H groups in total. The molecule has 8 heteroatoms. The number of carbonyl (C=O) groups is 1. The highest BCUT2D eigenvalue weighted by Crippen LogP contribution is 2.30. The summed E-state index contributed by atoms with van der Waals surface area (Å²) in [5.74, 6) is 0.546. The third-order valence-electron chi connectivity index (χ3n) is 5.35. The van der Waals surface area contributed by atoms with E-state index in [1.165, 1.54) is 0 Å². The van der Waals surface area contributed by atoms with E-state index in [2.05, 4.69) is 10.4 Å². The highest BCUT2D eigenvalue weighted by molar-refractivity contribution is 7.91. The summed E-state index contributed by atoms with van der Waals surface area (Å²) in [5.41, 5.74) is 3.61. The van der Waals surface area contributed by atoms with Crippen LogP contribution in [0.4, 0.5) is 5.69 Å². The van der Waals surface area contributed by atoms with E-state index < -0.39 is 9.84 Å². The summed E-state index contributed by atoms with van der Waals surface area (Å²) >= 11 is 0. The molecule has 4 rings (SSSR count). The lowest BCUT2D eigenvalue weighted by atomic mass is 10.1. The van der Waals surface area contributed by atoms with Gasteiger partial charge in [0.15, 0.2) is 15.5 Å². The fourth-order valence-electron chi connectivity index (χ4n) is 3.78. The third-order valence-corrected chi connectivity index (χ3v) is 7.10. The van der Waals surface area contributed by atoms with E-state index in [1.807, 2.05) is 45.0 Å². The van der Waals surface area contributed by atoms with Crippen molar-refractivity contribution < 1.29 is 17.9 Å². The van der Waals surface area contributed by atoms with E-state index in [0.717, 1.165) is 22.6 Å². The molecular formula is C24H27N3O4S. The molecule has 0 aliphatic carbocycles. The van der Waals surface area contributed by atoms with Gasteiger partial charge in [0.2, 0.25) is 0 Å². The Kier molecular flexibility index (Phi) is 6.06. The van der Waals surface area contributed by atoms with Crippen LogP contribution in [0.1, 0.15) is 42.4 Å². The minimum atomic E-state index is -3.09. The predicted molar refractivity (Wildman–Crippen MR) is 125 cm³/mol. The number of amides is 1. The Morgan fingerprint density at radius 2 is 1.81 bits per heavy atom. The van der Waals surface area contributed by atoms with Crippen LogP contribution in [0.3, 0.4) is 0 Å². The topological polar surface area (TPSA) is 90.3 Å². The van der Waals surface area contributed by atoms with Crippen molar-refractivity contribution in [1.29, 1.82) is 0 Å². The number of sulfone groups is 1. The molecule has 7 nitrogen and oxygen atoms in total. The lowest BCUT2D eigenvalue weighted by Gasteiger charge is -2.13. The van der Waals surface area contributed by atoms with Crippen molar-refractivity contribution in [3.63, 3.8) is 0 Å². The van der Waals surface area contributed by atoms with Crippen LogP contribution in [-0.4, -0.2) is 41.7 Å². The SMILES string of the molecule is Cc1ccc(-c2cc(C(=O)Nc3ccc(OC(C)C)cc3)nn2C2CCS(=O)(=O)C2)cc1. The van der Waals surface area contributed by atoms with E-state index in [1.54, 1.807) is 35.0 Å². The number of aryl methyl sites for hydroxylation is 1. The Bertz CT molecular complexity index is 1210. The Morgan fingerprint density at radius 3 is 2.41 bits per heavy atom. The summed E-state index contributed by atoms with van der Waals surface area (Å²) in [4.78, 5) is 12.9. The molecule has 2 heterocycles. The summed E-state index contributed by atoms with van der Waals surface area (Å²) in [5, 5.41) is 7.38. The van der Waals surface area contributed by atoms with Gasteiger partial charge in [-0.05, 0) is 63.1 Å². The van der Waals surface area contributed by atoms with Gasteiger partial charge in [-0.1, -0.05) is 29.8 Å². The minimum Gasteiger partial charge on any atom is -0.491 e. The number of ether oxygens (including phenoxy) is 1. The van der Waals surface area contributed by atoms with Crippen LogP contribution in [0, 0.1) is 6.92 Å². The smallest absolute Gasteiger partial charge is 0.276 e. The van der Waals surface area contributed by atoms with E-state index in [9.17, 15) is 13.2 Å². The van der Waals surface area contributed by atoms with E-state index in [-0.39, 0.29) is 35.3 Å². The van der Waals surface area contributed by atoms with Crippen LogP contribution in [0.15, 0.2) is 54.6 Å². The number of nitrogens with one attached hydrogen (secondary N) is 1. The van der Waals surface area contributed by atoms with Crippen LogP contribution in [0.5, 0.6) is 5.75 Å². The van der Waals surface area contributed by atoms with Gasteiger partial charge in [-0.15, -0.1) is 0 Å². The van der Waals surface area contributed by atoms with Gasteiger partial charge >= 0.3 is 0 Å². The number of rotatable bonds is 6. The fourth-order valence-corrected chi connectivity index (χ4v) is 5.47. The molecule has 1 fully saturated rings. The Labute approximate surface area is 188 Å². The molecule has 32 heavy (non-hydrogen) atoms. The van der Waals surface area contributed by atoms with Gasteiger partial charge in [0.05, 0.1) is 29.3 Å². The summed E-state index contributed by atoms with van der Waals surface area (Å²) in [6.07, 6.45) is 0.556. The number of benzene rings is 2. The molecule has 1 saturated heterocycles. The highest BCUT2D eigenvalue weighted by atomic mass is 32.2. The molecule has 3 aromatic rings. The van der Waals surface area contributed by atoms with Crippen LogP contribution in [0.2, 0.25) is 0 Å². The summed E-state index contributed by atoms with van der Waals surface area (Å²) in [7, 11) is -3.09. The number of carbonyl (C=O) groups excluding carboxylic acids is 1. The first-order chi connectivity index (χ1) is 15.2. The van der Waals surface area contributed by atoms with Crippen molar-refractivity contribution in [3.8, 4) is 17.0 Å². The summed E-state index contributed by atoms with van der Waals surface area (Å²) in [6, 6.07) is 16.5. The second kappa shape index (κ2) is 8.78. The van der Waals surface area contributed by atoms with Crippen LogP contribution < -0.4 is 10.1 Å². The van der Waals surface area contributed by atoms with Gasteiger partial charge in [-0.3, -0.25) is 9.48 Å². The Morgan fingerprint density at radius 1 is 1.12 bits per heavy atom. The summed E-state index contributed by atoms with van der Waals surface area (Å²) < 4.78 is 31.4. The standard InChI is InChI=1S/C24H27N3O4S/c1-16(2)31-21-10-8-19(9-11-21)25-24(28)22-14-23(18-6-4-17(3)5-7-18)27(26-22)20-12-13-32(29,30)15-20/h4-11,14,16,20H,12-13,15H2,1-3H3,(H,25,28). The average Bonchev–Trinajstić information content (AvgIpc) is 3.33. The second-order valence-electron chi connectivity index (χ2n) is 8.43. The molecule has 0 saturated carbocycles. The van der Waals surface area contributed by atoms with Crippen molar-refractivity contribution >= 4 is 21.4 Å². The molecule has 1 aromatic heterocycles. The fraction of sp³-hybridized carbons (Fsp3) is 0.333.